The van der Waals surface area contributed by atoms with Crippen LogP contribution in [-0.4, -0.2) is 26.1 Å². The monoisotopic (exact) mass is 298 g/mol. The lowest BCUT2D eigenvalue weighted by molar-refractivity contribution is -0.129. The third-order valence-electron chi connectivity index (χ3n) is 3.77. The van der Waals surface area contributed by atoms with Crippen molar-refractivity contribution in [1.82, 2.24) is 10.6 Å². The van der Waals surface area contributed by atoms with Crippen LogP contribution in [0, 0.1) is 5.41 Å². The van der Waals surface area contributed by atoms with Crippen molar-refractivity contribution in [3.63, 3.8) is 0 Å². The van der Waals surface area contributed by atoms with Crippen molar-refractivity contribution < 1.29 is 9.53 Å². The molecular weight excluding hydrogens is 276 g/mol. The highest BCUT2D eigenvalue weighted by molar-refractivity contribution is 5.85. The summed E-state index contributed by atoms with van der Waals surface area (Å²) in [6.07, 6.45) is 0.901. The highest BCUT2D eigenvalue weighted by atomic mass is 35.5. The summed E-state index contributed by atoms with van der Waals surface area (Å²) >= 11 is 0. The van der Waals surface area contributed by atoms with Crippen molar-refractivity contribution in [2.24, 2.45) is 5.41 Å². The van der Waals surface area contributed by atoms with E-state index in [1.165, 1.54) is 0 Å². The van der Waals surface area contributed by atoms with E-state index >= 15 is 0 Å². The number of carbonyl (C=O) groups excluding carboxylic acids is 1. The van der Waals surface area contributed by atoms with E-state index in [9.17, 15) is 4.79 Å². The molecule has 2 rings (SSSR count). The lowest BCUT2D eigenvalue weighted by Gasteiger charge is -2.22. The summed E-state index contributed by atoms with van der Waals surface area (Å²) in [6, 6.07) is 8.04. The van der Waals surface area contributed by atoms with Gasteiger partial charge < -0.3 is 15.4 Å². The van der Waals surface area contributed by atoms with Crippen LogP contribution in [0.3, 0.4) is 0 Å². The van der Waals surface area contributed by atoms with Gasteiger partial charge in [-0.3, -0.25) is 4.79 Å². The van der Waals surface area contributed by atoms with Crippen molar-refractivity contribution >= 4 is 18.3 Å². The molecule has 0 saturated carbocycles. The van der Waals surface area contributed by atoms with Gasteiger partial charge in [-0.1, -0.05) is 24.3 Å². The van der Waals surface area contributed by atoms with Gasteiger partial charge in [0.1, 0.15) is 0 Å². The summed E-state index contributed by atoms with van der Waals surface area (Å²) in [5, 5.41) is 6.29. The normalized spacial score (nSPS) is 21.3. The highest BCUT2D eigenvalue weighted by Gasteiger charge is 2.35. The number of amides is 1. The van der Waals surface area contributed by atoms with E-state index in [4.69, 9.17) is 4.74 Å². The molecule has 1 aliphatic rings. The number of halogens is 1. The van der Waals surface area contributed by atoms with Gasteiger partial charge >= 0.3 is 0 Å². The maximum Gasteiger partial charge on any atom is 0.227 e. The lowest BCUT2D eigenvalue weighted by Crippen LogP contribution is -2.40. The van der Waals surface area contributed by atoms with E-state index in [2.05, 4.69) is 10.6 Å². The van der Waals surface area contributed by atoms with Crippen LogP contribution in [0.2, 0.25) is 0 Å². The molecule has 1 aromatic carbocycles. The van der Waals surface area contributed by atoms with Gasteiger partial charge in [0, 0.05) is 20.2 Å². The van der Waals surface area contributed by atoms with Crippen molar-refractivity contribution in [3.8, 4) is 0 Å². The molecule has 1 atom stereocenters. The third-order valence-corrected chi connectivity index (χ3v) is 3.77. The van der Waals surface area contributed by atoms with Crippen LogP contribution in [0.5, 0.6) is 0 Å². The van der Waals surface area contributed by atoms with E-state index in [0.29, 0.717) is 13.2 Å². The second-order valence-corrected chi connectivity index (χ2v) is 5.37. The van der Waals surface area contributed by atoms with Crippen LogP contribution >= 0.6 is 12.4 Å². The molecule has 0 aliphatic carbocycles. The highest BCUT2D eigenvalue weighted by Crippen LogP contribution is 2.24. The molecule has 1 unspecified atom stereocenters. The summed E-state index contributed by atoms with van der Waals surface area (Å²) in [6.45, 7) is 4.84. The molecule has 2 N–H and O–H groups in total. The first-order chi connectivity index (χ1) is 9.15. The Morgan fingerprint density at radius 1 is 1.40 bits per heavy atom. The molecule has 1 amide bonds. The minimum Gasteiger partial charge on any atom is -0.380 e. The summed E-state index contributed by atoms with van der Waals surface area (Å²) in [7, 11) is 1.68. The number of rotatable bonds is 5. The number of ether oxygens (including phenoxy) is 1. The SMILES string of the molecule is COCc1ccccc1CNC(=O)C1(C)CCNC1.Cl. The molecule has 0 aromatic heterocycles. The Kier molecular flexibility index (Phi) is 6.46. The zero-order valence-electron chi connectivity index (χ0n) is 12.1. The number of benzene rings is 1. The molecule has 112 valence electrons. The number of hydrogen-bond donors (Lipinski definition) is 2. The average Bonchev–Trinajstić information content (AvgIpc) is 2.86. The first kappa shape index (κ1) is 17.0. The summed E-state index contributed by atoms with van der Waals surface area (Å²) < 4.78 is 5.17. The van der Waals surface area contributed by atoms with Gasteiger partial charge in [-0.2, -0.15) is 0 Å². The van der Waals surface area contributed by atoms with Gasteiger partial charge in [-0.25, -0.2) is 0 Å². The molecule has 0 bridgehead atoms. The number of methoxy groups -OCH3 is 1. The van der Waals surface area contributed by atoms with Gasteiger partial charge in [-0.15, -0.1) is 12.4 Å². The molecule has 1 aromatic rings. The van der Waals surface area contributed by atoms with Crippen LogP contribution < -0.4 is 10.6 Å². The van der Waals surface area contributed by atoms with Crippen LogP contribution in [0.1, 0.15) is 24.5 Å². The van der Waals surface area contributed by atoms with Crippen molar-refractivity contribution in [3.05, 3.63) is 35.4 Å². The Morgan fingerprint density at radius 3 is 2.70 bits per heavy atom. The topological polar surface area (TPSA) is 50.4 Å². The predicted molar refractivity (Wildman–Crippen MR) is 81.8 cm³/mol. The summed E-state index contributed by atoms with van der Waals surface area (Å²) in [5.41, 5.74) is 1.98. The molecule has 0 spiro atoms. The second kappa shape index (κ2) is 7.62. The van der Waals surface area contributed by atoms with Gasteiger partial charge in [0.15, 0.2) is 0 Å². The zero-order valence-corrected chi connectivity index (χ0v) is 12.9. The van der Waals surface area contributed by atoms with Crippen LogP contribution in [0.25, 0.3) is 0 Å². The van der Waals surface area contributed by atoms with Crippen molar-refractivity contribution in [2.75, 3.05) is 20.2 Å². The average molecular weight is 299 g/mol. The number of nitrogens with one attached hydrogen (secondary N) is 2. The quantitative estimate of drug-likeness (QED) is 0.872. The molecule has 0 radical (unpaired) electrons. The standard InChI is InChI=1S/C15H22N2O2.ClH/c1-15(7-8-16-11-15)14(18)17-9-12-5-3-4-6-13(12)10-19-2;/h3-6,16H,7-11H2,1-2H3,(H,17,18);1H. The minimum absolute atomic E-state index is 0. The first-order valence-electron chi connectivity index (χ1n) is 6.70. The zero-order chi connectivity index (χ0) is 13.7. The number of hydrogen-bond acceptors (Lipinski definition) is 3. The Balaban J connectivity index is 0.00000200. The van der Waals surface area contributed by atoms with E-state index in [-0.39, 0.29) is 23.7 Å². The van der Waals surface area contributed by atoms with E-state index in [1.807, 2.05) is 31.2 Å². The molecule has 1 aliphatic heterocycles. The van der Waals surface area contributed by atoms with E-state index in [1.54, 1.807) is 7.11 Å². The third kappa shape index (κ3) is 3.95. The van der Waals surface area contributed by atoms with Gasteiger partial charge in [-0.05, 0) is 31.0 Å². The fraction of sp³-hybridized carbons (Fsp3) is 0.533. The van der Waals surface area contributed by atoms with Crippen LogP contribution in [-0.2, 0) is 22.7 Å². The molecule has 1 heterocycles. The molecule has 1 fully saturated rings. The predicted octanol–water partition coefficient (Wildman–Crippen LogP) is 1.87. The lowest BCUT2D eigenvalue weighted by atomic mass is 9.88. The molecule has 4 nitrogen and oxygen atoms in total. The Morgan fingerprint density at radius 2 is 2.10 bits per heavy atom. The van der Waals surface area contributed by atoms with Crippen LogP contribution in [0.4, 0.5) is 0 Å². The van der Waals surface area contributed by atoms with Gasteiger partial charge in [0.2, 0.25) is 5.91 Å². The second-order valence-electron chi connectivity index (χ2n) is 5.37. The Labute approximate surface area is 126 Å². The summed E-state index contributed by atoms with van der Waals surface area (Å²) in [4.78, 5) is 12.2. The van der Waals surface area contributed by atoms with E-state index in [0.717, 1.165) is 30.6 Å². The van der Waals surface area contributed by atoms with Gasteiger partial charge in [0.25, 0.3) is 0 Å². The molecule has 20 heavy (non-hydrogen) atoms. The summed E-state index contributed by atoms with van der Waals surface area (Å²) in [5.74, 6) is 0.129. The van der Waals surface area contributed by atoms with Gasteiger partial charge in [0.05, 0.1) is 12.0 Å². The Hall–Kier alpha value is -1.10. The molecule has 1 saturated heterocycles. The largest absolute Gasteiger partial charge is 0.380 e. The van der Waals surface area contributed by atoms with E-state index < -0.39 is 0 Å². The smallest absolute Gasteiger partial charge is 0.227 e. The fourth-order valence-electron chi connectivity index (χ4n) is 2.43. The van der Waals surface area contributed by atoms with Crippen molar-refractivity contribution in [2.45, 2.75) is 26.5 Å². The first-order valence-corrected chi connectivity index (χ1v) is 6.70. The molecular formula is C15H23ClN2O2. The minimum atomic E-state index is -0.268. The Bertz CT molecular complexity index is 445. The maximum atomic E-state index is 12.2. The molecule has 5 heteroatoms. The number of carbonyl (C=O) groups is 1. The van der Waals surface area contributed by atoms with Crippen molar-refractivity contribution in [1.29, 1.82) is 0 Å². The van der Waals surface area contributed by atoms with Crippen LogP contribution in [0.15, 0.2) is 24.3 Å². The fourth-order valence-corrected chi connectivity index (χ4v) is 2.43. The maximum absolute atomic E-state index is 12.2.